The number of urea groups is 1. The van der Waals surface area contributed by atoms with Crippen LogP contribution in [-0.2, 0) is 6.54 Å². The van der Waals surface area contributed by atoms with E-state index in [0.717, 1.165) is 45.3 Å². The van der Waals surface area contributed by atoms with Gasteiger partial charge in [0.25, 0.3) is 0 Å². The predicted molar refractivity (Wildman–Crippen MR) is 153 cm³/mol. The van der Waals surface area contributed by atoms with Gasteiger partial charge in [-0.25, -0.2) is 9.48 Å². The van der Waals surface area contributed by atoms with Gasteiger partial charge in [-0.1, -0.05) is 48.0 Å². The summed E-state index contributed by atoms with van der Waals surface area (Å²) in [6.07, 6.45) is 4.14. The second-order valence-corrected chi connectivity index (χ2v) is 10.4. The minimum absolute atomic E-state index is 0.153. The fourth-order valence-electron chi connectivity index (χ4n) is 5.12. The maximum Gasteiger partial charge on any atom is 0.322 e. The second kappa shape index (κ2) is 9.91. The van der Waals surface area contributed by atoms with Crippen LogP contribution in [-0.4, -0.2) is 31.5 Å². The van der Waals surface area contributed by atoms with Gasteiger partial charge in [0.05, 0.1) is 29.7 Å². The third kappa shape index (κ3) is 4.29. The lowest BCUT2D eigenvalue weighted by Crippen LogP contribution is -2.38. The number of anilines is 1. The van der Waals surface area contributed by atoms with Gasteiger partial charge < -0.3 is 14.8 Å². The third-order valence-electron chi connectivity index (χ3n) is 7.08. The molecule has 0 aliphatic carbocycles. The first-order chi connectivity index (χ1) is 18.5. The highest BCUT2D eigenvalue weighted by Gasteiger charge is 2.36. The quantitative estimate of drug-likeness (QED) is 0.257. The van der Waals surface area contributed by atoms with E-state index in [9.17, 15) is 4.79 Å². The van der Waals surface area contributed by atoms with Gasteiger partial charge >= 0.3 is 6.03 Å². The van der Waals surface area contributed by atoms with Crippen molar-refractivity contribution < 1.29 is 4.79 Å². The molecule has 1 atom stereocenters. The maximum atomic E-state index is 14.0. The minimum atomic E-state index is -0.289. The van der Waals surface area contributed by atoms with Crippen molar-refractivity contribution in [1.82, 2.24) is 19.2 Å². The summed E-state index contributed by atoms with van der Waals surface area (Å²) in [4.78, 5) is 17.1. The minimum Gasteiger partial charge on any atom is -0.308 e. The Labute approximate surface area is 226 Å². The van der Waals surface area contributed by atoms with Gasteiger partial charge in [0, 0.05) is 22.3 Å². The van der Waals surface area contributed by atoms with Crippen LogP contribution in [0.25, 0.3) is 11.5 Å². The Morgan fingerprint density at radius 1 is 0.921 bits per heavy atom. The molecule has 7 heteroatoms. The first kappa shape index (κ1) is 24.1. The van der Waals surface area contributed by atoms with Crippen molar-refractivity contribution >= 4 is 23.5 Å². The van der Waals surface area contributed by atoms with Crippen LogP contribution in [0.5, 0.6) is 0 Å². The number of amides is 2. The van der Waals surface area contributed by atoms with Crippen LogP contribution in [0.4, 0.5) is 10.5 Å². The molecule has 0 unspecified atom stereocenters. The van der Waals surface area contributed by atoms with E-state index in [2.05, 4.69) is 64.8 Å². The topological polar surface area (TPSA) is 55.1 Å². The molecule has 0 spiro atoms. The Hall–Kier alpha value is -4.23. The number of rotatable bonds is 4. The molecular weight excluding hydrogens is 490 g/mol. The number of benzene rings is 3. The molecule has 0 saturated heterocycles. The molecule has 3 aromatic carbocycles. The van der Waals surface area contributed by atoms with E-state index < -0.39 is 0 Å². The van der Waals surface area contributed by atoms with Crippen molar-refractivity contribution in [1.29, 1.82) is 0 Å². The van der Waals surface area contributed by atoms with Gasteiger partial charge in [0.15, 0.2) is 0 Å². The van der Waals surface area contributed by atoms with Gasteiger partial charge in [0.2, 0.25) is 0 Å². The number of hydrogen-bond donors (Lipinski definition) is 1. The summed E-state index contributed by atoms with van der Waals surface area (Å²) >= 11 is 1.71. The van der Waals surface area contributed by atoms with E-state index in [-0.39, 0.29) is 12.1 Å². The van der Waals surface area contributed by atoms with Gasteiger partial charge in [0.1, 0.15) is 5.82 Å². The molecule has 190 valence electrons. The zero-order chi connectivity index (χ0) is 26.2. The number of para-hydroxylation sites is 1. The highest BCUT2D eigenvalue weighted by molar-refractivity contribution is 7.98. The summed E-state index contributed by atoms with van der Waals surface area (Å²) in [5, 5.41) is 8.07. The Bertz CT molecular complexity index is 1590. The van der Waals surface area contributed by atoms with Crippen LogP contribution in [0.15, 0.2) is 102 Å². The van der Waals surface area contributed by atoms with E-state index in [1.807, 2.05) is 72.0 Å². The van der Waals surface area contributed by atoms with E-state index in [0.29, 0.717) is 6.54 Å². The lowest BCUT2D eigenvalue weighted by molar-refractivity contribution is 0.194. The van der Waals surface area contributed by atoms with Gasteiger partial charge in [-0.05, 0) is 74.2 Å². The second-order valence-electron chi connectivity index (χ2n) is 9.54. The molecule has 5 aromatic rings. The average Bonchev–Trinajstić information content (AvgIpc) is 3.51. The smallest absolute Gasteiger partial charge is 0.308 e. The van der Waals surface area contributed by atoms with E-state index in [1.165, 1.54) is 4.90 Å². The number of nitrogens with zero attached hydrogens (tertiary/aromatic N) is 4. The zero-order valence-electron chi connectivity index (χ0n) is 21.6. The van der Waals surface area contributed by atoms with Crippen molar-refractivity contribution in [2.24, 2.45) is 0 Å². The van der Waals surface area contributed by atoms with Crippen LogP contribution >= 0.6 is 11.8 Å². The van der Waals surface area contributed by atoms with Crippen molar-refractivity contribution in [3.8, 4) is 11.5 Å². The first-order valence-corrected chi connectivity index (χ1v) is 13.9. The number of nitrogens with one attached hydrogen (secondary N) is 1. The van der Waals surface area contributed by atoms with Gasteiger partial charge in [-0.2, -0.15) is 5.10 Å². The monoisotopic (exact) mass is 519 g/mol. The highest BCUT2D eigenvalue weighted by atomic mass is 32.2. The third-order valence-corrected chi connectivity index (χ3v) is 7.83. The van der Waals surface area contributed by atoms with E-state index in [1.54, 1.807) is 11.8 Å². The number of aryl methyl sites for hydroxylation is 2. The van der Waals surface area contributed by atoms with E-state index in [4.69, 9.17) is 5.10 Å². The fourth-order valence-corrected chi connectivity index (χ4v) is 5.53. The number of hydrogen-bond acceptors (Lipinski definition) is 3. The Balaban J connectivity index is 1.52. The van der Waals surface area contributed by atoms with Gasteiger partial charge in [-0.3, -0.25) is 0 Å². The van der Waals surface area contributed by atoms with Crippen molar-refractivity contribution in [3.63, 3.8) is 0 Å². The largest absolute Gasteiger partial charge is 0.322 e. The summed E-state index contributed by atoms with van der Waals surface area (Å²) in [7, 11) is 0. The van der Waals surface area contributed by atoms with Crippen LogP contribution in [0, 0.1) is 13.8 Å². The van der Waals surface area contributed by atoms with E-state index >= 15 is 0 Å². The molecule has 6 rings (SSSR count). The van der Waals surface area contributed by atoms with Crippen LogP contribution in [0.1, 0.15) is 34.1 Å². The Morgan fingerprint density at radius 3 is 2.37 bits per heavy atom. The molecular formula is C31H29N5OS. The molecule has 2 aromatic heterocycles. The highest BCUT2D eigenvalue weighted by Crippen LogP contribution is 2.39. The summed E-state index contributed by atoms with van der Waals surface area (Å²) in [6, 6.07) is 30.3. The molecule has 1 aliphatic rings. The molecule has 0 bridgehead atoms. The number of thioether (sulfide) groups is 1. The standard InChI is InChI=1S/C31H29N5OS/c1-21-11-15-24(16-12-21)32-31(37)35-20-27-22(2)33-36(25-8-5-4-6-9-25)30(27)34-19-7-10-28(34)29(35)23-13-17-26(38-3)18-14-23/h4-19,29H,20H2,1-3H3,(H,32,37)/t29-/m0/s1. The number of carbonyl (C=O) groups is 1. The molecule has 0 saturated carbocycles. The van der Waals surface area contributed by atoms with Crippen LogP contribution < -0.4 is 5.32 Å². The molecule has 6 nitrogen and oxygen atoms in total. The lowest BCUT2D eigenvalue weighted by atomic mass is 10.0. The Morgan fingerprint density at radius 2 is 1.66 bits per heavy atom. The van der Waals surface area contributed by atoms with Crippen LogP contribution in [0.2, 0.25) is 0 Å². The number of fused-ring (bicyclic) bond motifs is 3. The SMILES string of the molecule is CSc1ccc([C@H]2c3cccn3-c3c(c(C)nn3-c3ccccc3)CN2C(=O)Nc2ccc(C)cc2)cc1. The number of aromatic nitrogens is 3. The Kier molecular flexibility index (Phi) is 6.29. The number of carbonyl (C=O) groups excluding carboxylic acids is 1. The van der Waals surface area contributed by atoms with Crippen molar-refractivity contribution in [3.05, 3.63) is 125 Å². The van der Waals surface area contributed by atoms with Crippen LogP contribution in [0.3, 0.4) is 0 Å². The maximum absolute atomic E-state index is 14.0. The lowest BCUT2D eigenvalue weighted by Gasteiger charge is -2.31. The summed E-state index contributed by atoms with van der Waals surface area (Å²) < 4.78 is 4.18. The summed E-state index contributed by atoms with van der Waals surface area (Å²) in [5.41, 5.74) is 6.89. The molecule has 3 heterocycles. The first-order valence-electron chi connectivity index (χ1n) is 12.6. The zero-order valence-corrected chi connectivity index (χ0v) is 22.4. The molecule has 2 amide bonds. The molecule has 0 fully saturated rings. The van der Waals surface area contributed by atoms with Gasteiger partial charge in [-0.15, -0.1) is 11.8 Å². The summed E-state index contributed by atoms with van der Waals surface area (Å²) in [5.74, 6) is 0.963. The predicted octanol–water partition coefficient (Wildman–Crippen LogP) is 7.14. The fraction of sp³-hybridized carbons (Fsp3) is 0.161. The van der Waals surface area contributed by atoms with Crippen molar-refractivity contribution in [2.75, 3.05) is 11.6 Å². The van der Waals surface area contributed by atoms with Crippen molar-refractivity contribution in [2.45, 2.75) is 31.3 Å². The molecule has 38 heavy (non-hydrogen) atoms. The molecule has 0 radical (unpaired) electrons. The molecule has 1 aliphatic heterocycles. The summed E-state index contributed by atoms with van der Waals surface area (Å²) in [6.45, 7) is 4.48. The normalized spacial score (nSPS) is 14.5. The molecule has 1 N–H and O–H groups in total. The average molecular weight is 520 g/mol.